The third-order valence-corrected chi connectivity index (χ3v) is 4.98. The van der Waals surface area contributed by atoms with Crippen LogP contribution in [0.2, 0.25) is 5.02 Å². The zero-order valence-electron chi connectivity index (χ0n) is 15.3. The Balaban J connectivity index is 1.68. The molecule has 148 valence electrons. The summed E-state index contributed by atoms with van der Waals surface area (Å²) in [4.78, 5) is 23.2. The smallest absolute Gasteiger partial charge is 0.331 e. The maximum atomic E-state index is 11.8. The van der Waals surface area contributed by atoms with Gasteiger partial charge < -0.3 is 9.47 Å². The van der Waals surface area contributed by atoms with E-state index in [2.05, 4.69) is 20.3 Å². The van der Waals surface area contributed by atoms with Crippen molar-refractivity contribution in [2.24, 2.45) is 10.2 Å². The van der Waals surface area contributed by atoms with Crippen molar-refractivity contribution in [1.82, 2.24) is 5.32 Å². The first-order chi connectivity index (χ1) is 14.1. The highest BCUT2D eigenvalue weighted by molar-refractivity contribution is 8.18. The van der Waals surface area contributed by atoms with E-state index < -0.39 is 11.9 Å². The van der Waals surface area contributed by atoms with Crippen molar-refractivity contribution in [3.63, 3.8) is 0 Å². The van der Waals surface area contributed by atoms with Crippen LogP contribution in [0, 0.1) is 0 Å². The third kappa shape index (κ3) is 5.69. The third-order valence-electron chi connectivity index (χ3n) is 3.71. The Bertz CT molecular complexity index is 1020. The molecule has 0 radical (unpaired) electrons. The van der Waals surface area contributed by atoms with Crippen molar-refractivity contribution < 1.29 is 19.1 Å². The molecule has 0 aromatic heterocycles. The average molecular weight is 430 g/mol. The molecule has 0 atom stereocenters. The molecule has 2 aromatic carbocycles. The van der Waals surface area contributed by atoms with E-state index in [1.165, 1.54) is 13.3 Å². The number of benzene rings is 2. The summed E-state index contributed by atoms with van der Waals surface area (Å²) in [5.74, 6) is -0.430. The molecule has 2 aromatic rings. The summed E-state index contributed by atoms with van der Waals surface area (Å²) < 4.78 is 10.4. The molecule has 1 amide bonds. The molecular formula is C20H16ClN3O4S. The highest BCUT2D eigenvalue weighted by Crippen LogP contribution is 2.24. The molecule has 7 nitrogen and oxygen atoms in total. The van der Waals surface area contributed by atoms with Crippen LogP contribution in [0.5, 0.6) is 5.75 Å². The van der Waals surface area contributed by atoms with E-state index in [0.717, 1.165) is 23.4 Å². The van der Waals surface area contributed by atoms with E-state index in [4.69, 9.17) is 16.3 Å². The number of nitrogens with zero attached hydrogens (tertiary/aromatic N) is 2. The van der Waals surface area contributed by atoms with E-state index >= 15 is 0 Å². The highest BCUT2D eigenvalue weighted by atomic mass is 35.5. The van der Waals surface area contributed by atoms with Crippen LogP contribution in [0.25, 0.3) is 0 Å². The minimum atomic E-state index is -0.614. The number of para-hydroxylation sites is 1. The maximum absolute atomic E-state index is 11.8. The van der Waals surface area contributed by atoms with Crippen molar-refractivity contribution in [3.8, 4) is 5.75 Å². The molecule has 29 heavy (non-hydrogen) atoms. The Morgan fingerprint density at radius 3 is 2.76 bits per heavy atom. The lowest BCUT2D eigenvalue weighted by molar-refractivity contribution is -0.135. The summed E-state index contributed by atoms with van der Waals surface area (Å²) in [6, 6.07) is 14.8. The van der Waals surface area contributed by atoms with Gasteiger partial charge in [-0.25, -0.2) is 4.79 Å². The number of rotatable bonds is 6. The van der Waals surface area contributed by atoms with Crippen LogP contribution in [-0.2, 0) is 20.9 Å². The SMILES string of the molecule is COC(=O)/C=C1/S/C(=N\N=Cc2ccccc2OCc2ccccc2Cl)NC1=O. The molecule has 1 aliphatic rings. The zero-order chi connectivity index (χ0) is 20.6. The van der Waals surface area contributed by atoms with E-state index in [-0.39, 0.29) is 10.1 Å². The molecule has 0 aliphatic carbocycles. The van der Waals surface area contributed by atoms with E-state index in [1.54, 1.807) is 6.07 Å². The molecule has 1 N–H and O–H groups in total. The van der Waals surface area contributed by atoms with Gasteiger partial charge in [0.2, 0.25) is 0 Å². The fraction of sp³-hybridized carbons (Fsp3) is 0.100. The van der Waals surface area contributed by atoms with E-state index in [9.17, 15) is 9.59 Å². The average Bonchev–Trinajstić information content (AvgIpc) is 3.07. The fourth-order valence-corrected chi connectivity index (χ4v) is 3.20. The van der Waals surface area contributed by atoms with Crippen molar-refractivity contribution in [2.75, 3.05) is 7.11 Å². The lowest BCUT2D eigenvalue weighted by Gasteiger charge is -2.09. The maximum Gasteiger partial charge on any atom is 0.331 e. The standard InChI is InChI=1S/C20H16ClN3O4S/c1-27-18(25)10-17-19(26)23-20(29-17)24-22-11-13-6-3-5-9-16(13)28-12-14-7-2-4-8-15(14)21/h2-11H,12H2,1H3,(H,23,24,26)/b17-10+,22-11?. The quantitative estimate of drug-likeness (QED) is 0.328. The number of thioether (sulfide) groups is 1. The predicted molar refractivity (Wildman–Crippen MR) is 113 cm³/mol. The van der Waals surface area contributed by atoms with Gasteiger partial charge in [-0.1, -0.05) is 41.9 Å². The summed E-state index contributed by atoms with van der Waals surface area (Å²) >= 11 is 7.16. The first-order valence-electron chi connectivity index (χ1n) is 8.42. The Morgan fingerprint density at radius 2 is 1.97 bits per heavy atom. The number of nitrogens with one attached hydrogen (secondary N) is 1. The molecule has 0 saturated carbocycles. The van der Waals surface area contributed by atoms with Gasteiger partial charge in [0, 0.05) is 22.2 Å². The van der Waals surface area contributed by atoms with Crippen LogP contribution in [0.1, 0.15) is 11.1 Å². The Labute approximate surface area is 176 Å². The molecule has 1 fully saturated rings. The number of halogens is 1. The summed E-state index contributed by atoms with van der Waals surface area (Å²) in [5, 5.41) is 11.4. The van der Waals surface area contributed by atoms with Gasteiger partial charge in [-0.05, 0) is 30.0 Å². The number of amides is 1. The van der Waals surface area contributed by atoms with Crippen molar-refractivity contribution in [1.29, 1.82) is 0 Å². The second-order valence-electron chi connectivity index (χ2n) is 5.66. The van der Waals surface area contributed by atoms with Gasteiger partial charge in [-0.2, -0.15) is 5.10 Å². The van der Waals surface area contributed by atoms with E-state index in [1.807, 2.05) is 42.5 Å². The molecule has 3 rings (SSSR count). The second kappa shape index (κ2) is 9.90. The summed E-state index contributed by atoms with van der Waals surface area (Å²) in [5.41, 5.74) is 1.58. The van der Waals surface area contributed by atoms with Crippen molar-refractivity contribution in [3.05, 3.63) is 75.7 Å². The molecule has 0 unspecified atom stereocenters. The van der Waals surface area contributed by atoms with Gasteiger partial charge in [-0.15, -0.1) is 5.10 Å². The van der Waals surface area contributed by atoms with E-state index in [0.29, 0.717) is 22.9 Å². The molecule has 1 aliphatic heterocycles. The van der Waals surface area contributed by atoms with Crippen LogP contribution in [0.4, 0.5) is 0 Å². The number of methoxy groups -OCH3 is 1. The molecular weight excluding hydrogens is 414 g/mol. The van der Waals surface area contributed by atoms with Crippen LogP contribution >= 0.6 is 23.4 Å². The molecule has 1 saturated heterocycles. The lowest BCUT2D eigenvalue weighted by atomic mass is 10.2. The Morgan fingerprint density at radius 1 is 1.21 bits per heavy atom. The summed E-state index contributed by atoms with van der Waals surface area (Å²) in [6.45, 7) is 0.312. The number of esters is 1. The van der Waals surface area contributed by atoms with Gasteiger partial charge >= 0.3 is 5.97 Å². The van der Waals surface area contributed by atoms with Gasteiger partial charge in [0.15, 0.2) is 5.17 Å². The molecule has 9 heteroatoms. The summed E-state index contributed by atoms with van der Waals surface area (Å²) in [6.07, 6.45) is 2.62. The first-order valence-corrected chi connectivity index (χ1v) is 9.61. The number of carbonyl (C=O) groups is 2. The van der Waals surface area contributed by atoms with Gasteiger partial charge in [0.25, 0.3) is 5.91 Å². The number of hydrogen-bond donors (Lipinski definition) is 1. The molecule has 0 spiro atoms. The van der Waals surface area contributed by atoms with Crippen molar-refractivity contribution >= 4 is 46.6 Å². The zero-order valence-corrected chi connectivity index (χ0v) is 16.9. The number of ether oxygens (including phenoxy) is 2. The van der Waals surface area contributed by atoms with Gasteiger partial charge in [-0.3, -0.25) is 10.1 Å². The van der Waals surface area contributed by atoms with Crippen LogP contribution in [-0.4, -0.2) is 30.4 Å². The predicted octanol–water partition coefficient (Wildman–Crippen LogP) is 3.53. The van der Waals surface area contributed by atoms with Gasteiger partial charge in [0.05, 0.1) is 18.2 Å². The van der Waals surface area contributed by atoms with Crippen LogP contribution < -0.4 is 10.1 Å². The first kappa shape index (κ1) is 20.6. The van der Waals surface area contributed by atoms with Crippen LogP contribution in [0.15, 0.2) is 69.7 Å². The normalized spacial score (nSPS) is 16.4. The second-order valence-corrected chi connectivity index (χ2v) is 7.09. The lowest BCUT2D eigenvalue weighted by Crippen LogP contribution is -2.19. The minimum absolute atomic E-state index is 0.189. The molecule has 0 bridgehead atoms. The highest BCUT2D eigenvalue weighted by Gasteiger charge is 2.25. The monoisotopic (exact) mass is 429 g/mol. The van der Waals surface area contributed by atoms with Crippen molar-refractivity contribution in [2.45, 2.75) is 6.61 Å². The fourth-order valence-electron chi connectivity index (χ4n) is 2.27. The topological polar surface area (TPSA) is 89.3 Å². The number of amidine groups is 1. The van der Waals surface area contributed by atoms with Gasteiger partial charge in [0.1, 0.15) is 12.4 Å². The Hall–Kier alpha value is -3.10. The van der Waals surface area contributed by atoms with Crippen LogP contribution in [0.3, 0.4) is 0 Å². The summed E-state index contributed by atoms with van der Waals surface area (Å²) in [7, 11) is 1.24. The Kier molecular flexibility index (Phi) is 7.04. The minimum Gasteiger partial charge on any atom is -0.488 e. The molecule has 1 heterocycles. The number of carbonyl (C=O) groups excluding carboxylic acids is 2. The largest absolute Gasteiger partial charge is 0.488 e. The number of hydrogen-bond acceptors (Lipinski definition) is 7.